The monoisotopic (exact) mass is 563 g/mol. The zero-order valence-corrected chi connectivity index (χ0v) is 23.6. The fourth-order valence-electron chi connectivity index (χ4n) is 6.55. The molecule has 0 aliphatic heterocycles. The highest BCUT2D eigenvalue weighted by molar-refractivity contribution is 6.24. The van der Waals surface area contributed by atoms with Gasteiger partial charge < -0.3 is 0 Å². The Bertz CT molecular complexity index is 2940. The number of rotatable bonds is 3. The molecule has 0 atom stereocenters. The highest BCUT2D eigenvalue weighted by Crippen LogP contribution is 2.46. The number of hydrogen-bond acceptors (Lipinski definition) is 0. The first-order valence-corrected chi connectivity index (χ1v) is 14.7. The van der Waals surface area contributed by atoms with Crippen molar-refractivity contribution in [3.8, 4) is 33.4 Å². The third-order valence-corrected chi connectivity index (χ3v) is 8.64. The van der Waals surface area contributed by atoms with Crippen molar-refractivity contribution in [3.05, 3.63) is 170 Å². The predicted molar refractivity (Wildman–Crippen MR) is 190 cm³/mol. The Morgan fingerprint density at radius 1 is 0.341 bits per heavy atom. The van der Waals surface area contributed by atoms with Gasteiger partial charge in [0.25, 0.3) is 0 Å². The van der Waals surface area contributed by atoms with Crippen LogP contribution >= 0.6 is 0 Å². The van der Waals surface area contributed by atoms with Crippen LogP contribution in [0.3, 0.4) is 0 Å². The summed E-state index contributed by atoms with van der Waals surface area (Å²) in [7, 11) is 0. The van der Waals surface area contributed by atoms with Crippen molar-refractivity contribution in [1.29, 1.82) is 0 Å². The first-order chi connectivity index (χ1) is 24.7. The van der Waals surface area contributed by atoms with Crippen molar-refractivity contribution in [3.63, 3.8) is 0 Å². The van der Waals surface area contributed by atoms with Gasteiger partial charge in [-0.3, -0.25) is 0 Å². The van der Waals surface area contributed by atoms with Gasteiger partial charge in [0.1, 0.15) is 0 Å². The molecular formula is C44H28. The Kier molecular flexibility index (Phi) is 4.23. The summed E-state index contributed by atoms with van der Waals surface area (Å²) >= 11 is 0. The molecule has 204 valence electrons. The van der Waals surface area contributed by atoms with E-state index in [1.807, 2.05) is 127 Å². The van der Waals surface area contributed by atoms with Gasteiger partial charge in [0.15, 0.2) is 0 Å². The van der Waals surface area contributed by atoms with Crippen LogP contribution in [0.2, 0.25) is 0 Å². The lowest BCUT2D eigenvalue weighted by Gasteiger charge is -2.20. The van der Waals surface area contributed by atoms with E-state index < -0.39 is 0 Å². The van der Waals surface area contributed by atoms with Crippen molar-refractivity contribution in [2.75, 3.05) is 0 Å². The molecule has 0 heterocycles. The molecule has 44 heavy (non-hydrogen) atoms. The van der Waals surface area contributed by atoms with Crippen LogP contribution in [-0.2, 0) is 0 Å². The first kappa shape index (κ1) is 18.7. The van der Waals surface area contributed by atoms with Crippen molar-refractivity contribution < 1.29 is 9.60 Å². The maximum Gasteiger partial charge on any atom is 0.0636 e. The van der Waals surface area contributed by atoms with Crippen LogP contribution in [0.4, 0.5) is 0 Å². The highest BCUT2D eigenvalue weighted by Gasteiger charge is 2.19. The Hall–Kier alpha value is -5.72. The summed E-state index contributed by atoms with van der Waals surface area (Å²) in [5.41, 5.74) is 3.12. The van der Waals surface area contributed by atoms with Gasteiger partial charge in [0.2, 0.25) is 0 Å². The Morgan fingerprint density at radius 3 is 1.66 bits per heavy atom. The molecular weight excluding hydrogens is 528 g/mol. The minimum atomic E-state index is -0.380. The zero-order chi connectivity index (χ0) is 35.1. The topological polar surface area (TPSA) is 0 Å². The molecule has 9 aromatic rings. The lowest BCUT2D eigenvalue weighted by Crippen LogP contribution is -1.92. The summed E-state index contributed by atoms with van der Waals surface area (Å²) in [5, 5.41) is 6.88. The molecule has 0 aliphatic rings. The van der Waals surface area contributed by atoms with E-state index in [9.17, 15) is 6.85 Å². The van der Waals surface area contributed by atoms with Crippen LogP contribution in [0, 0.1) is 0 Å². The number of benzene rings is 9. The molecule has 0 fully saturated rings. The molecule has 0 radical (unpaired) electrons. The summed E-state index contributed by atoms with van der Waals surface area (Å²) in [4.78, 5) is 0. The molecule has 9 rings (SSSR count). The van der Waals surface area contributed by atoms with Crippen molar-refractivity contribution >= 4 is 53.9 Å². The second-order valence-corrected chi connectivity index (χ2v) is 11.2. The predicted octanol–water partition coefficient (Wildman–Crippen LogP) is 12.5. The summed E-state index contributed by atoms with van der Waals surface area (Å²) in [5.74, 6) is 0. The lowest BCUT2D eigenvalue weighted by atomic mass is 9.83. The molecule has 0 saturated heterocycles. The van der Waals surface area contributed by atoms with Crippen LogP contribution in [0.15, 0.2) is 170 Å². The highest BCUT2D eigenvalue weighted by atomic mass is 14.2. The van der Waals surface area contributed by atoms with Gasteiger partial charge in [-0.1, -0.05) is 152 Å². The largest absolute Gasteiger partial charge is 0.0636 e. The number of fused-ring (bicyclic) bond motifs is 5. The Balaban J connectivity index is 1.58. The molecule has 0 saturated carbocycles. The van der Waals surface area contributed by atoms with Crippen LogP contribution in [0.1, 0.15) is 9.60 Å². The number of hydrogen-bond donors (Lipinski definition) is 0. The van der Waals surface area contributed by atoms with E-state index in [-0.39, 0.29) is 53.1 Å². The molecule has 0 N–H and O–H groups in total. The smallest absolute Gasteiger partial charge is 0.0616 e. The first-order valence-electron chi connectivity index (χ1n) is 18.2. The van der Waals surface area contributed by atoms with E-state index in [0.717, 1.165) is 32.3 Å². The van der Waals surface area contributed by atoms with Crippen molar-refractivity contribution in [1.82, 2.24) is 0 Å². The summed E-state index contributed by atoms with van der Waals surface area (Å²) in [6.07, 6.45) is 0. The molecule has 0 spiro atoms. The molecule has 0 heteroatoms. The average Bonchev–Trinajstić information content (AvgIpc) is 3.17. The zero-order valence-electron chi connectivity index (χ0n) is 30.6. The Morgan fingerprint density at radius 2 is 0.909 bits per heavy atom. The fraction of sp³-hybridized carbons (Fsp3) is 0. The molecule has 0 unspecified atom stereocenters. The third-order valence-electron chi connectivity index (χ3n) is 8.64. The van der Waals surface area contributed by atoms with Gasteiger partial charge in [-0.25, -0.2) is 0 Å². The minimum absolute atomic E-state index is 0.0280. The molecule has 0 aliphatic carbocycles. The van der Waals surface area contributed by atoms with E-state index in [4.69, 9.17) is 2.74 Å². The molecule has 9 aromatic carbocycles. The quantitative estimate of drug-likeness (QED) is 0.188. The molecule has 0 aromatic heterocycles. The van der Waals surface area contributed by atoms with E-state index in [1.165, 1.54) is 0 Å². The summed E-state index contributed by atoms with van der Waals surface area (Å²) in [6.45, 7) is 0. The summed E-state index contributed by atoms with van der Waals surface area (Å²) in [6, 6.07) is 39.6. The summed E-state index contributed by atoms with van der Waals surface area (Å²) < 4.78 is 65.7. The minimum Gasteiger partial charge on any atom is -0.0616 e. The van der Waals surface area contributed by atoms with Gasteiger partial charge in [-0.2, -0.15) is 0 Å². The maximum absolute atomic E-state index is 10.00. The molecule has 0 amide bonds. The fourth-order valence-corrected chi connectivity index (χ4v) is 6.55. The lowest BCUT2D eigenvalue weighted by molar-refractivity contribution is 1.66. The SMILES string of the molecule is [2H]c1c([2H])c([2H])c2c(-c3cccc4ccccc34)c3c([2H])c([2H])c(-c4ccc5ccccc5c4)c([2H])c3c(-c3ccc4ccccc4c3)c2c1[2H]. The molecule has 0 bridgehead atoms. The second kappa shape index (κ2) is 9.93. The average molecular weight is 564 g/mol. The van der Waals surface area contributed by atoms with E-state index in [0.29, 0.717) is 44.2 Å². The van der Waals surface area contributed by atoms with Crippen molar-refractivity contribution in [2.24, 2.45) is 0 Å². The van der Waals surface area contributed by atoms with Gasteiger partial charge >= 0.3 is 0 Å². The Labute approximate surface area is 266 Å². The van der Waals surface area contributed by atoms with E-state index in [2.05, 4.69) is 0 Å². The van der Waals surface area contributed by atoms with Crippen LogP contribution in [0.5, 0.6) is 0 Å². The second-order valence-electron chi connectivity index (χ2n) is 11.2. The van der Waals surface area contributed by atoms with E-state index in [1.54, 1.807) is 0 Å². The van der Waals surface area contributed by atoms with Crippen LogP contribution < -0.4 is 0 Å². The van der Waals surface area contributed by atoms with Gasteiger partial charge in [-0.05, 0) is 105 Å². The van der Waals surface area contributed by atoms with Gasteiger partial charge in [0, 0.05) is 0 Å². The maximum atomic E-state index is 10.00. The van der Waals surface area contributed by atoms with Crippen LogP contribution in [-0.4, -0.2) is 0 Å². The normalized spacial score (nSPS) is 13.9. The van der Waals surface area contributed by atoms with Crippen molar-refractivity contribution in [2.45, 2.75) is 0 Å². The standard InChI is InChI=1S/C44H28/c1-3-13-32-26-34(22-20-29(32)10-1)35-24-25-41-42(28-35)43(36-23-21-30-11-2-4-14-33(30)27-36)39-17-7-8-18-40(39)44(41)38-19-9-15-31-12-5-6-16-37(31)38/h1-28H/i7D,8D,17D,18D,24D,25D,28D. The van der Waals surface area contributed by atoms with E-state index >= 15 is 0 Å². The molecule has 0 nitrogen and oxygen atoms in total. The van der Waals surface area contributed by atoms with Gasteiger partial charge in [0.05, 0.1) is 9.60 Å². The van der Waals surface area contributed by atoms with Gasteiger partial charge in [-0.15, -0.1) is 0 Å². The van der Waals surface area contributed by atoms with Crippen LogP contribution in [0.25, 0.3) is 87.2 Å². The third kappa shape index (κ3) is 3.92.